The van der Waals surface area contributed by atoms with E-state index in [4.69, 9.17) is 28.6 Å². The van der Waals surface area contributed by atoms with E-state index in [1.807, 2.05) is 0 Å². The number of nitrogens with zero attached hydrogens (tertiary/aromatic N) is 2. The Labute approximate surface area is 178 Å². The third kappa shape index (κ3) is 5.05. The molecule has 2 amide bonds. The Balaban J connectivity index is 1.57. The first-order valence-electron chi connectivity index (χ1n) is 9.44. The van der Waals surface area contributed by atoms with Crippen molar-refractivity contribution in [3.05, 3.63) is 23.9 Å². The number of ketones is 1. The summed E-state index contributed by atoms with van der Waals surface area (Å²) in [5.41, 5.74) is 0.153. The highest BCUT2D eigenvalue weighted by Gasteiger charge is 2.51. The maximum Gasteiger partial charge on any atom is 0.242 e. The monoisotopic (exact) mass is 439 g/mol. The largest absolute Gasteiger partial charge is 0.360 e. The van der Waals surface area contributed by atoms with Gasteiger partial charge in [-0.05, 0) is 31.4 Å². The van der Waals surface area contributed by atoms with Crippen LogP contribution in [0.5, 0.6) is 0 Å². The SMILES string of the molecule is CC(=O)C(=N)c1cccnc1NCC(=O)N1CCC[C@H]1C(=O)NC[C@@H]1CC1(Cl)Cl. The minimum Gasteiger partial charge on any atom is -0.360 e. The van der Waals surface area contributed by atoms with Gasteiger partial charge in [-0.25, -0.2) is 4.98 Å². The van der Waals surface area contributed by atoms with Crippen molar-refractivity contribution in [2.45, 2.75) is 36.6 Å². The normalized spacial score (nSPS) is 22.1. The predicted octanol–water partition coefficient (Wildman–Crippen LogP) is 1.75. The highest BCUT2D eigenvalue weighted by Crippen LogP contribution is 2.52. The van der Waals surface area contributed by atoms with Crippen molar-refractivity contribution in [1.29, 1.82) is 5.41 Å². The van der Waals surface area contributed by atoms with Crippen molar-refractivity contribution < 1.29 is 14.4 Å². The van der Waals surface area contributed by atoms with Crippen LogP contribution in [0.1, 0.15) is 31.7 Å². The smallest absolute Gasteiger partial charge is 0.242 e. The van der Waals surface area contributed by atoms with Gasteiger partial charge in [0.15, 0.2) is 5.78 Å². The summed E-state index contributed by atoms with van der Waals surface area (Å²) in [6.45, 7) is 2.11. The van der Waals surface area contributed by atoms with E-state index < -0.39 is 16.2 Å². The van der Waals surface area contributed by atoms with Crippen molar-refractivity contribution >= 4 is 52.3 Å². The molecular formula is C19H23Cl2N5O3. The lowest BCUT2D eigenvalue weighted by Crippen LogP contribution is -2.48. The van der Waals surface area contributed by atoms with Crippen LogP contribution in [0.3, 0.4) is 0 Å². The summed E-state index contributed by atoms with van der Waals surface area (Å²) in [5, 5.41) is 13.6. The molecule has 0 radical (unpaired) electrons. The maximum absolute atomic E-state index is 12.7. The number of hydrogen-bond donors (Lipinski definition) is 3. The molecule has 3 rings (SSSR count). The summed E-state index contributed by atoms with van der Waals surface area (Å²) in [7, 11) is 0. The number of alkyl halides is 2. The molecule has 156 valence electrons. The molecular weight excluding hydrogens is 417 g/mol. The molecule has 8 nitrogen and oxygen atoms in total. The topological polar surface area (TPSA) is 115 Å². The number of halogens is 2. The Kier molecular flexibility index (Phi) is 6.43. The number of pyridine rings is 1. The molecule has 1 aliphatic heterocycles. The van der Waals surface area contributed by atoms with Gasteiger partial charge in [-0.1, -0.05) is 0 Å². The summed E-state index contributed by atoms with van der Waals surface area (Å²) in [5.74, 6) is -0.512. The molecule has 0 unspecified atom stereocenters. The zero-order valence-corrected chi connectivity index (χ0v) is 17.5. The molecule has 3 N–H and O–H groups in total. The van der Waals surface area contributed by atoms with Crippen LogP contribution in [0.4, 0.5) is 5.82 Å². The molecule has 1 aliphatic carbocycles. The van der Waals surface area contributed by atoms with Crippen molar-refractivity contribution in [3.63, 3.8) is 0 Å². The second kappa shape index (κ2) is 8.67. The van der Waals surface area contributed by atoms with E-state index in [0.29, 0.717) is 31.5 Å². The van der Waals surface area contributed by atoms with Gasteiger partial charge in [-0.2, -0.15) is 0 Å². The Morgan fingerprint density at radius 1 is 1.38 bits per heavy atom. The van der Waals surface area contributed by atoms with Crippen molar-refractivity contribution in [2.75, 3.05) is 25.0 Å². The Morgan fingerprint density at radius 2 is 2.10 bits per heavy atom. The van der Waals surface area contributed by atoms with Crippen LogP contribution in [0.15, 0.2) is 18.3 Å². The molecule has 1 aromatic heterocycles. The third-order valence-electron chi connectivity index (χ3n) is 5.19. The molecule has 2 fully saturated rings. The summed E-state index contributed by atoms with van der Waals surface area (Å²) >= 11 is 12.0. The summed E-state index contributed by atoms with van der Waals surface area (Å²) in [6.07, 6.45) is 3.50. The second-order valence-corrected chi connectivity index (χ2v) is 8.88. The molecule has 2 atom stereocenters. The zero-order chi connectivity index (χ0) is 21.2. The van der Waals surface area contributed by atoms with Gasteiger partial charge < -0.3 is 15.5 Å². The van der Waals surface area contributed by atoms with E-state index >= 15 is 0 Å². The third-order valence-corrected chi connectivity index (χ3v) is 6.12. The van der Waals surface area contributed by atoms with Crippen LogP contribution in [-0.4, -0.2) is 63.2 Å². The summed E-state index contributed by atoms with van der Waals surface area (Å²) in [6, 6.07) is 2.69. The highest BCUT2D eigenvalue weighted by molar-refractivity contribution is 6.50. The Morgan fingerprint density at radius 3 is 2.76 bits per heavy atom. The molecule has 1 saturated heterocycles. The average molecular weight is 440 g/mol. The quantitative estimate of drug-likeness (QED) is 0.421. The molecule has 0 bridgehead atoms. The van der Waals surface area contributed by atoms with Crippen LogP contribution in [-0.2, 0) is 14.4 Å². The average Bonchev–Trinajstić information content (AvgIpc) is 3.07. The van der Waals surface area contributed by atoms with Crippen molar-refractivity contribution in [3.8, 4) is 0 Å². The zero-order valence-electron chi connectivity index (χ0n) is 16.0. The highest BCUT2D eigenvalue weighted by atomic mass is 35.5. The van der Waals surface area contributed by atoms with Gasteiger partial charge in [0.2, 0.25) is 11.8 Å². The van der Waals surface area contributed by atoms with Gasteiger partial charge in [0.05, 0.1) is 6.54 Å². The predicted molar refractivity (Wildman–Crippen MR) is 111 cm³/mol. The number of nitrogens with one attached hydrogen (secondary N) is 3. The minimum absolute atomic E-state index is 0.0428. The fourth-order valence-electron chi connectivity index (χ4n) is 3.37. The first-order valence-corrected chi connectivity index (χ1v) is 10.2. The minimum atomic E-state index is -0.754. The lowest BCUT2D eigenvalue weighted by atomic mass is 10.1. The van der Waals surface area contributed by atoms with Gasteiger partial charge in [0, 0.05) is 37.7 Å². The van der Waals surface area contributed by atoms with E-state index in [2.05, 4.69) is 15.6 Å². The summed E-state index contributed by atoms with van der Waals surface area (Å²) in [4.78, 5) is 42.4. The number of carbonyl (C=O) groups is 3. The number of carbonyl (C=O) groups excluding carboxylic acids is 3. The molecule has 2 heterocycles. The van der Waals surface area contributed by atoms with Crippen LogP contribution in [0.25, 0.3) is 0 Å². The fraction of sp³-hybridized carbons (Fsp3) is 0.526. The Hall–Kier alpha value is -2.19. The second-order valence-electron chi connectivity index (χ2n) is 7.34. The van der Waals surface area contributed by atoms with Crippen LogP contribution in [0.2, 0.25) is 0 Å². The number of amides is 2. The van der Waals surface area contributed by atoms with E-state index in [1.165, 1.54) is 13.1 Å². The Bertz CT molecular complexity index is 845. The van der Waals surface area contributed by atoms with E-state index in [-0.39, 0.29) is 35.8 Å². The summed E-state index contributed by atoms with van der Waals surface area (Å²) < 4.78 is -0.754. The molecule has 10 heteroatoms. The molecule has 1 saturated carbocycles. The first kappa shape index (κ1) is 21.5. The molecule has 1 aromatic rings. The molecule has 2 aliphatic rings. The van der Waals surface area contributed by atoms with Crippen molar-refractivity contribution in [2.24, 2.45) is 5.92 Å². The molecule has 0 spiro atoms. The van der Waals surface area contributed by atoms with Gasteiger partial charge in [0.1, 0.15) is 21.9 Å². The van der Waals surface area contributed by atoms with E-state index in [1.54, 1.807) is 17.0 Å². The van der Waals surface area contributed by atoms with Gasteiger partial charge in [-0.3, -0.25) is 19.8 Å². The van der Waals surface area contributed by atoms with Crippen LogP contribution >= 0.6 is 23.2 Å². The number of Topliss-reactive ketones (excluding diaryl/α,β-unsaturated/α-hetero) is 1. The number of anilines is 1. The molecule has 29 heavy (non-hydrogen) atoms. The maximum atomic E-state index is 12.7. The lowest BCUT2D eigenvalue weighted by Gasteiger charge is -2.24. The first-order chi connectivity index (χ1) is 13.7. The van der Waals surface area contributed by atoms with Gasteiger partial charge >= 0.3 is 0 Å². The van der Waals surface area contributed by atoms with Crippen LogP contribution < -0.4 is 10.6 Å². The van der Waals surface area contributed by atoms with Crippen molar-refractivity contribution in [1.82, 2.24) is 15.2 Å². The van der Waals surface area contributed by atoms with Gasteiger partial charge in [0.25, 0.3) is 0 Å². The molecule has 0 aromatic carbocycles. The standard InChI is InChI=1S/C19H23Cl2N5O3/c1-11(27)16(22)13-4-2-6-23-17(13)24-10-15(28)26-7-3-5-14(26)18(29)25-9-12-8-19(12,20)21/h2,4,6,12,14,22H,3,5,7-10H2,1H3,(H,23,24)(H,25,29)/t12-,14-/m0/s1. The van der Waals surface area contributed by atoms with E-state index in [0.717, 1.165) is 6.42 Å². The number of rotatable bonds is 8. The van der Waals surface area contributed by atoms with Crippen LogP contribution in [0, 0.1) is 11.3 Å². The van der Waals surface area contributed by atoms with Gasteiger partial charge in [-0.15, -0.1) is 23.2 Å². The fourth-order valence-corrected chi connectivity index (χ4v) is 3.90. The van der Waals surface area contributed by atoms with E-state index in [9.17, 15) is 14.4 Å². The number of likely N-dealkylation sites (tertiary alicyclic amines) is 1. The lowest BCUT2D eigenvalue weighted by molar-refractivity contribution is -0.137. The number of hydrogen-bond acceptors (Lipinski definition) is 6. The number of aromatic nitrogens is 1.